The smallest absolute Gasteiger partial charge is 0.319 e. The standard InChI is InChI=1S/C41H36F3N9O2/c1-3-30-33(43)10-8-26-6-4-7-31(35(26)30)37-36(44)38-32(21-47-37)39(50-40(49-38)55-24-41-14-5-17-52(41)22-27(42)20-41)51-18-19-53(29(23-51)12-15-45)34(54)11-9-28-13-16-46-25(2)48-28/h1,4,6-11,13,16,21,27,29H,5,12,14,17-20,22-24H2,2H3/b11-9+/t27-,29+,41+/m1/s1. The van der Waals surface area contributed by atoms with Gasteiger partial charge in [-0.1, -0.05) is 30.2 Å². The lowest BCUT2D eigenvalue weighted by atomic mass is 9.95. The quantitative estimate of drug-likeness (QED) is 0.142. The molecular formula is C41H36F3N9O2. The molecular weight excluding hydrogens is 708 g/mol. The van der Waals surface area contributed by atoms with Gasteiger partial charge in [0.2, 0.25) is 5.91 Å². The number of pyridine rings is 1. The Bertz CT molecular complexity index is 2450. The van der Waals surface area contributed by atoms with E-state index in [1.54, 1.807) is 54.4 Å². The van der Waals surface area contributed by atoms with E-state index in [2.05, 4.69) is 36.8 Å². The van der Waals surface area contributed by atoms with E-state index in [4.69, 9.17) is 16.1 Å². The summed E-state index contributed by atoms with van der Waals surface area (Å²) >= 11 is 0. The van der Waals surface area contributed by atoms with Crippen molar-refractivity contribution in [1.82, 2.24) is 34.7 Å². The number of alkyl halides is 1. The number of nitriles is 1. The van der Waals surface area contributed by atoms with Gasteiger partial charge in [-0.05, 0) is 49.9 Å². The molecule has 5 aromatic rings. The van der Waals surface area contributed by atoms with Gasteiger partial charge in [-0.15, -0.1) is 6.42 Å². The number of hydrogen-bond acceptors (Lipinski definition) is 10. The van der Waals surface area contributed by atoms with Crippen LogP contribution in [-0.2, 0) is 4.79 Å². The first kappa shape index (κ1) is 35.9. The van der Waals surface area contributed by atoms with Crippen LogP contribution in [0.15, 0.2) is 54.9 Å². The third kappa shape index (κ3) is 6.67. The van der Waals surface area contributed by atoms with Crippen LogP contribution in [0.25, 0.3) is 39.0 Å². The summed E-state index contributed by atoms with van der Waals surface area (Å²) in [5.41, 5.74) is 0.168. The first-order valence-corrected chi connectivity index (χ1v) is 18.1. The van der Waals surface area contributed by atoms with Gasteiger partial charge < -0.3 is 14.5 Å². The van der Waals surface area contributed by atoms with Crippen molar-refractivity contribution >= 4 is 39.5 Å². The maximum absolute atomic E-state index is 17.0. The van der Waals surface area contributed by atoms with Crippen molar-refractivity contribution in [3.8, 4) is 35.7 Å². The molecule has 0 spiro atoms. The van der Waals surface area contributed by atoms with Gasteiger partial charge >= 0.3 is 6.01 Å². The molecule has 3 aliphatic heterocycles. The number of carbonyl (C=O) groups is 1. The summed E-state index contributed by atoms with van der Waals surface area (Å²) in [6, 6.07) is 11.2. The fourth-order valence-electron chi connectivity index (χ4n) is 8.29. The van der Waals surface area contributed by atoms with Crippen LogP contribution in [0.3, 0.4) is 0 Å². The number of benzene rings is 2. The second-order valence-electron chi connectivity index (χ2n) is 14.2. The molecule has 0 bridgehead atoms. The molecule has 1 amide bonds. The molecule has 3 saturated heterocycles. The Morgan fingerprint density at radius 3 is 2.80 bits per heavy atom. The van der Waals surface area contributed by atoms with Crippen LogP contribution in [0.4, 0.5) is 19.0 Å². The summed E-state index contributed by atoms with van der Waals surface area (Å²) < 4.78 is 52.8. The predicted octanol–water partition coefficient (Wildman–Crippen LogP) is 5.80. The fourth-order valence-corrected chi connectivity index (χ4v) is 8.29. The number of carbonyl (C=O) groups excluding carboxylic acids is 1. The lowest BCUT2D eigenvalue weighted by molar-refractivity contribution is -0.128. The average Bonchev–Trinajstić information content (AvgIpc) is 3.72. The van der Waals surface area contributed by atoms with Crippen LogP contribution in [0.2, 0.25) is 0 Å². The number of halogens is 3. The number of rotatable bonds is 8. The van der Waals surface area contributed by atoms with Crippen molar-refractivity contribution < 1.29 is 22.7 Å². The van der Waals surface area contributed by atoms with Crippen LogP contribution >= 0.6 is 0 Å². The zero-order valence-corrected chi connectivity index (χ0v) is 30.1. The van der Waals surface area contributed by atoms with Crippen molar-refractivity contribution in [1.29, 1.82) is 5.26 Å². The number of ether oxygens (including phenoxy) is 1. The van der Waals surface area contributed by atoms with Gasteiger partial charge in [0.1, 0.15) is 41.4 Å². The minimum atomic E-state index is -0.975. The minimum absolute atomic E-state index is 0.0112. The molecule has 55 heavy (non-hydrogen) atoms. The summed E-state index contributed by atoms with van der Waals surface area (Å²) in [4.78, 5) is 41.3. The van der Waals surface area contributed by atoms with Gasteiger partial charge in [-0.3, -0.25) is 14.7 Å². The minimum Gasteiger partial charge on any atom is -0.461 e. The number of fused-ring (bicyclic) bond motifs is 3. The predicted molar refractivity (Wildman–Crippen MR) is 200 cm³/mol. The number of amides is 1. The second kappa shape index (κ2) is 14.6. The Morgan fingerprint density at radius 2 is 1.98 bits per heavy atom. The molecule has 14 heteroatoms. The molecule has 3 aromatic heterocycles. The van der Waals surface area contributed by atoms with E-state index in [1.807, 2.05) is 4.90 Å². The highest BCUT2D eigenvalue weighted by molar-refractivity contribution is 6.02. The molecule has 0 aliphatic carbocycles. The highest BCUT2D eigenvalue weighted by Crippen LogP contribution is 2.41. The third-order valence-electron chi connectivity index (χ3n) is 10.9. The van der Waals surface area contributed by atoms with Crippen molar-refractivity contribution in [3.63, 3.8) is 0 Å². The normalized spacial score (nSPS) is 21.3. The van der Waals surface area contributed by atoms with Gasteiger partial charge in [-0.2, -0.15) is 15.2 Å². The summed E-state index contributed by atoms with van der Waals surface area (Å²) in [7, 11) is 0. The molecule has 278 valence electrons. The number of terminal acetylenes is 1. The highest BCUT2D eigenvalue weighted by atomic mass is 19.1. The van der Waals surface area contributed by atoms with E-state index in [-0.39, 0.29) is 60.2 Å². The molecule has 0 saturated carbocycles. The SMILES string of the molecule is C#Cc1c(F)ccc2cccc(-c3ncc4c(N5CCN(C(=O)/C=C/c6ccnc(C)n6)[C@@H](CC#N)C5)nc(OC[C@@]56CCCN5C[C@H](F)C6)nc4c3F)c12. The lowest BCUT2D eigenvalue weighted by Gasteiger charge is -2.41. The first-order chi connectivity index (χ1) is 26.7. The van der Waals surface area contributed by atoms with Crippen molar-refractivity contribution in [2.24, 2.45) is 0 Å². The summed E-state index contributed by atoms with van der Waals surface area (Å²) in [5, 5.41) is 11.0. The van der Waals surface area contributed by atoms with Gasteiger partial charge in [0.05, 0.1) is 40.7 Å². The summed E-state index contributed by atoms with van der Waals surface area (Å²) in [6.07, 6.45) is 12.9. The molecule has 3 aliphatic rings. The van der Waals surface area contributed by atoms with Crippen LogP contribution < -0.4 is 9.64 Å². The molecule has 11 nitrogen and oxygen atoms in total. The van der Waals surface area contributed by atoms with Crippen molar-refractivity contribution in [2.75, 3.05) is 44.2 Å². The number of piperazine rings is 1. The molecule has 0 unspecified atom stereocenters. The molecule has 2 aromatic carbocycles. The Hall–Kier alpha value is -6.12. The van der Waals surface area contributed by atoms with Gasteiger partial charge in [-0.25, -0.2) is 23.1 Å². The average molecular weight is 744 g/mol. The second-order valence-corrected chi connectivity index (χ2v) is 14.2. The van der Waals surface area contributed by atoms with E-state index in [0.29, 0.717) is 53.2 Å². The number of anilines is 1. The number of aryl methyl sites for hydroxylation is 1. The molecule has 6 heterocycles. The lowest BCUT2D eigenvalue weighted by Crippen LogP contribution is -2.55. The maximum Gasteiger partial charge on any atom is 0.319 e. The van der Waals surface area contributed by atoms with Crippen molar-refractivity contribution in [3.05, 3.63) is 83.6 Å². The Morgan fingerprint density at radius 1 is 1.11 bits per heavy atom. The van der Waals surface area contributed by atoms with Gasteiger partial charge in [0, 0.05) is 62.0 Å². The monoisotopic (exact) mass is 743 g/mol. The number of aromatic nitrogens is 5. The molecule has 0 N–H and O–H groups in total. The molecule has 0 radical (unpaired) electrons. The van der Waals surface area contributed by atoms with Crippen molar-refractivity contribution in [2.45, 2.75) is 50.4 Å². The van der Waals surface area contributed by atoms with E-state index in [0.717, 1.165) is 19.4 Å². The van der Waals surface area contributed by atoms with E-state index in [9.17, 15) is 18.8 Å². The Balaban J connectivity index is 1.18. The molecule has 3 atom stereocenters. The Kier molecular flexibility index (Phi) is 9.53. The van der Waals surface area contributed by atoms with Crippen LogP contribution in [0, 0.1) is 42.2 Å². The van der Waals surface area contributed by atoms with E-state index < -0.39 is 29.4 Å². The first-order valence-electron chi connectivity index (χ1n) is 18.1. The van der Waals surface area contributed by atoms with Gasteiger partial charge in [0.25, 0.3) is 0 Å². The largest absolute Gasteiger partial charge is 0.461 e. The van der Waals surface area contributed by atoms with Crippen LogP contribution in [0.5, 0.6) is 6.01 Å². The number of hydrogen-bond donors (Lipinski definition) is 0. The highest BCUT2D eigenvalue weighted by Gasteiger charge is 2.49. The zero-order valence-electron chi connectivity index (χ0n) is 30.1. The third-order valence-corrected chi connectivity index (χ3v) is 10.9. The number of nitrogens with zero attached hydrogens (tertiary/aromatic N) is 9. The van der Waals surface area contributed by atoms with Gasteiger partial charge in [0.15, 0.2) is 5.82 Å². The van der Waals surface area contributed by atoms with E-state index >= 15 is 4.39 Å². The topological polar surface area (TPSA) is 124 Å². The van der Waals surface area contributed by atoms with E-state index in [1.165, 1.54) is 18.3 Å². The Labute approximate surface area is 315 Å². The molecule has 3 fully saturated rings. The summed E-state index contributed by atoms with van der Waals surface area (Å²) in [6.45, 7) is 3.69. The maximum atomic E-state index is 17.0. The summed E-state index contributed by atoms with van der Waals surface area (Å²) in [5.74, 6) is 1.60. The fraction of sp³-hybridized carbons (Fsp3) is 0.341. The zero-order chi connectivity index (χ0) is 38.3. The van der Waals surface area contributed by atoms with Crippen LogP contribution in [0.1, 0.15) is 42.8 Å². The molecule has 8 rings (SSSR count). The van der Waals surface area contributed by atoms with Crippen LogP contribution in [-0.4, -0.2) is 97.7 Å².